The molecule has 2 rings (SSSR count). The fourth-order valence-corrected chi connectivity index (χ4v) is 2.79. The monoisotopic (exact) mass is 261 g/mol. The van der Waals surface area contributed by atoms with Gasteiger partial charge in [0.2, 0.25) is 0 Å². The Morgan fingerprint density at radius 2 is 1.78 bits per heavy atom. The molecule has 0 bridgehead atoms. The molecule has 94 valence electrons. The molecule has 0 saturated heterocycles. The molecule has 2 aromatic carbocycles. The number of para-hydroxylation sites is 1. The second kappa shape index (κ2) is 5.69. The lowest BCUT2D eigenvalue weighted by molar-refractivity contribution is 0.411. The minimum Gasteiger partial charge on any atom is -0.496 e. The molecule has 1 atom stereocenters. The van der Waals surface area contributed by atoms with Crippen molar-refractivity contribution in [3.05, 3.63) is 54.1 Å². The van der Waals surface area contributed by atoms with Crippen LogP contribution in [0, 0.1) is 0 Å². The van der Waals surface area contributed by atoms with Crippen molar-refractivity contribution in [2.24, 2.45) is 0 Å². The number of hydrogen-bond donors (Lipinski definition) is 1. The van der Waals surface area contributed by atoms with Gasteiger partial charge in [0.25, 0.3) is 0 Å². The summed E-state index contributed by atoms with van der Waals surface area (Å²) in [5.74, 6) is 1.20. The Kier molecular flexibility index (Phi) is 3.99. The summed E-state index contributed by atoms with van der Waals surface area (Å²) in [6.07, 6.45) is 0. The maximum Gasteiger partial charge on any atom is 0.122 e. The molecular weight excluding hydrogens is 246 g/mol. The third kappa shape index (κ3) is 2.90. The van der Waals surface area contributed by atoms with E-state index in [0.717, 1.165) is 16.2 Å². The van der Waals surface area contributed by atoms with Gasteiger partial charge in [-0.2, -0.15) is 0 Å². The fourth-order valence-electron chi connectivity index (χ4n) is 1.67. The molecule has 1 unspecified atom stereocenters. The summed E-state index contributed by atoms with van der Waals surface area (Å²) in [5, 5.41) is 0. The highest BCUT2D eigenvalue weighted by molar-refractivity contribution is 7.84. The summed E-state index contributed by atoms with van der Waals surface area (Å²) in [6.45, 7) is 0. The van der Waals surface area contributed by atoms with E-state index in [1.165, 1.54) is 0 Å². The molecule has 18 heavy (non-hydrogen) atoms. The van der Waals surface area contributed by atoms with Crippen molar-refractivity contribution >= 4 is 16.5 Å². The highest BCUT2D eigenvalue weighted by Gasteiger charge is 2.08. The van der Waals surface area contributed by atoms with E-state index in [1.54, 1.807) is 31.4 Å². The van der Waals surface area contributed by atoms with E-state index >= 15 is 0 Å². The van der Waals surface area contributed by atoms with E-state index in [9.17, 15) is 4.21 Å². The number of benzene rings is 2. The standard InChI is InChI=1S/C14H15NO2S/c1-17-14-5-3-2-4-11(14)10-18(16)13-8-6-12(15)7-9-13/h2-9H,10,15H2,1H3. The quantitative estimate of drug-likeness (QED) is 0.861. The fraction of sp³-hybridized carbons (Fsp3) is 0.143. The molecule has 0 spiro atoms. The minimum absolute atomic E-state index is 0.438. The molecule has 2 aromatic rings. The molecular formula is C14H15NO2S. The van der Waals surface area contributed by atoms with Gasteiger partial charge in [0, 0.05) is 16.1 Å². The Hall–Kier alpha value is -1.81. The van der Waals surface area contributed by atoms with Crippen molar-refractivity contribution in [3.63, 3.8) is 0 Å². The molecule has 0 saturated carbocycles. The number of rotatable bonds is 4. The Morgan fingerprint density at radius 1 is 1.11 bits per heavy atom. The molecule has 0 fully saturated rings. The van der Waals surface area contributed by atoms with Crippen LogP contribution in [0.4, 0.5) is 5.69 Å². The van der Waals surface area contributed by atoms with Crippen LogP contribution in [0.5, 0.6) is 5.75 Å². The summed E-state index contributed by atoms with van der Waals surface area (Å²) in [7, 11) is 0.526. The first kappa shape index (κ1) is 12.6. The van der Waals surface area contributed by atoms with Crippen LogP contribution in [0.2, 0.25) is 0 Å². The van der Waals surface area contributed by atoms with Crippen LogP contribution in [0.3, 0.4) is 0 Å². The van der Waals surface area contributed by atoms with Gasteiger partial charge < -0.3 is 10.5 Å². The van der Waals surface area contributed by atoms with E-state index in [0.29, 0.717) is 11.4 Å². The predicted molar refractivity (Wildman–Crippen MR) is 74.0 cm³/mol. The van der Waals surface area contributed by atoms with Gasteiger partial charge in [-0.25, -0.2) is 0 Å². The van der Waals surface area contributed by atoms with Crippen LogP contribution in [0.25, 0.3) is 0 Å². The van der Waals surface area contributed by atoms with E-state index < -0.39 is 10.8 Å². The molecule has 0 amide bonds. The lowest BCUT2D eigenvalue weighted by atomic mass is 10.2. The van der Waals surface area contributed by atoms with Crippen molar-refractivity contribution in [3.8, 4) is 5.75 Å². The van der Waals surface area contributed by atoms with Crippen LogP contribution in [-0.2, 0) is 16.6 Å². The summed E-state index contributed by atoms with van der Waals surface area (Å²) >= 11 is 0. The van der Waals surface area contributed by atoms with Gasteiger partial charge in [0.15, 0.2) is 0 Å². The molecule has 0 aliphatic carbocycles. The van der Waals surface area contributed by atoms with E-state index in [2.05, 4.69) is 0 Å². The zero-order valence-electron chi connectivity index (χ0n) is 10.1. The van der Waals surface area contributed by atoms with Gasteiger partial charge in [-0.1, -0.05) is 18.2 Å². The predicted octanol–water partition coefficient (Wildman–Crippen LogP) is 2.59. The zero-order valence-corrected chi connectivity index (χ0v) is 10.9. The van der Waals surface area contributed by atoms with Crippen molar-refractivity contribution < 1.29 is 8.95 Å². The second-order valence-corrected chi connectivity index (χ2v) is 5.32. The summed E-state index contributed by atoms with van der Waals surface area (Å²) in [5.41, 5.74) is 7.22. The van der Waals surface area contributed by atoms with E-state index in [4.69, 9.17) is 10.5 Å². The van der Waals surface area contributed by atoms with Crippen LogP contribution in [0.15, 0.2) is 53.4 Å². The van der Waals surface area contributed by atoms with Gasteiger partial charge >= 0.3 is 0 Å². The highest BCUT2D eigenvalue weighted by Crippen LogP contribution is 2.21. The molecule has 0 heterocycles. The van der Waals surface area contributed by atoms with Crippen molar-refractivity contribution in [1.29, 1.82) is 0 Å². The average Bonchev–Trinajstić information content (AvgIpc) is 2.40. The average molecular weight is 261 g/mol. The minimum atomic E-state index is -1.09. The smallest absolute Gasteiger partial charge is 0.122 e. The molecule has 2 N–H and O–H groups in total. The van der Waals surface area contributed by atoms with Gasteiger partial charge in [-0.05, 0) is 30.3 Å². The van der Waals surface area contributed by atoms with Crippen molar-refractivity contribution in [1.82, 2.24) is 0 Å². The lowest BCUT2D eigenvalue weighted by Gasteiger charge is -2.08. The first-order valence-corrected chi connectivity index (χ1v) is 6.88. The van der Waals surface area contributed by atoms with Crippen LogP contribution in [0.1, 0.15) is 5.56 Å². The Morgan fingerprint density at radius 3 is 2.44 bits per heavy atom. The number of methoxy groups -OCH3 is 1. The van der Waals surface area contributed by atoms with E-state index in [-0.39, 0.29) is 0 Å². The van der Waals surface area contributed by atoms with Crippen LogP contribution < -0.4 is 10.5 Å². The molecule has 0 radical (unpaired) electrons. The normalized spacial score (nSPS) is 12.1. The lowest BCUT2D eigenvalue weighted by Crippen LogP contribution is -1.99. The van der Waals surface area contributed by atoms with Crippen LogP contribution >= 0.6 is 0 Å². The van der Waals surface area contributed by atoms with Crippen LogP contribution in [-0.4, -0.2) is 11.3 Å². The number of anilines is 1. The first-order chi connectivity index (χ1) is 8.70. The maximum absolute atomic E-state index is 12.2. The Balaban J connectivity index is 2.18. The molecule has 0 aromatic heterocycles. The topological polar surface area (TPSA) is 52.3 Å². The Labute approximate surface area is 109 Å². The Bertz CT molecular complexity index is 552. The maximum atomic E-state index is 12.2. The number of ether oxygens (including phenoxy) is 1. The number of nitrogens with two attached hydrogens (primary N) is 1. The third-order valence-electron chi connectivity index (χ3n) is 2.62. The molecule has 4 heteroatoms. The summed E-state index contributed by atoms with van der Waals surface area (Å²) < 4.78 is 17.5. The molecule has 0 aliphatic heterocycles. The second-order valence-electron chi connectivity index (χ2n) is 3.87. The molecule has 3 nitrogen and oxygen atoms in total. The number of hydrogen-bond acceptors (Lipinski definition) is 3. The van der Waals surface area contributed by atoms with Crippen molar-refractivity contribution in [2.75, 3.05) is 12.8 Å². The van der Waals surface area contributed by atoms with Gasteiger partial charge in [0.05, 0.1) is 23.7 Å². The van der Waals surface area contributed by atoms with Crippen molar-refractivity contribution in [2.45, 2.75) is 10.6 Å². The van der Waals surface area contributed by atoms with Gasteiger partial charge in [-0.3, -0.25) is 4.21 Å². The number of nitrogen functional groups attached to an aromatic ring is 1. The molecule has 0 aliphatic rings. The van der Waals surface area contributed by atoms with Gasteiger partial charge in [-0.15, -0.1) is 0 Å². The third-order valence-corrected chi connectivity index (χ3v) is 3.99. The SMILES string of the molecule is COc1ccccc1CS(=O)c1ccc(N)cc1. The highest BCUT2D eigenvalue weighted by atomic mass is 32.2. The largest absolute Gasteiger partial charge is 0.496 e. The summed E-state index contributed by atoms with van der Waals surface area (Å²) in [6, 6.07) is 14.7. The first-order valence-electron chi connectivity index (χ1n) is 5.56. The van der Waals surface area contributed by atoms with Gasteiger partial charge in [0.1, 0.15) is 5.75 Å². The summed E-state index contributed by atoms with van der Waals surface area (Å²) in [4.78, 5) is 0.773. The zero-order chi connectivity index (χ0) is 13.0. The van der Waals surface area contributed by atoms with E-state index in [1.807, 2.05) is 24.3 Å².